The molecule has 2 aromatic carbocycles. The third-order valence-electron chi connectivity index (χ3n) is 6.32. The summed E-state index contributed by atoms with van der Waals surface area (Å²) >= 11 is 12.3. The molecule has 1 aliphatic rings. The molecule has 1 fully saturated rings. The van der Waals surface area contributed by atoms with E-state index in [0.717, 1.165) is 65.5 Å². The Morgan fingerprint density at radius 2 is 1.48 bits per heavy atom. The number of benzene rings is 2. The first-order valence-corrected chi connectivity index (χ1v) is 12.0. The van der Waals surface area contributed by atoms with Crippen LogP contribution in [0.15, 0.2) is 79.0 Å². The molecule has 33 heavy (non-hydrogen) atoms. The van der Waals surface area contributed by atoms with Crippen molar-refractivity contribution in [2.75, 3.05) is 31.1 Å². The average Bonchev–Trinajstić information content (AvgIpc) is 3.17. The van der Waals surface area contributed by atoms with E-state index in [1.54, 1.807) is 0 Å². The van der Waals surface area contributed by atoms with Gasteiger partial charge in [-0.25, -0.2) is 4.98 Å². The molecule has 0 amide bonds. The highest BCUT2D eigenvalue weighted by Gasteiger charge is 2.21. The van der Waals surface area contributed by atoms with E-state index in [0.29, 0.717) is 0 Å². The minimum atomic E-state index is 0.739. The van der Waals surface area contributed by atoms with Gasteiger partial charge in [0.05, 0.1) is 5.69 Å². The number of anilines is 1. The van der Waals surface area contributed by atoms with Gasteiger partial charge >= 0.3 is 0 Å². The molecule has 0 spiro atoms. The lowest BCUT2D eigenvalue weighted by atomic mass is 10.1. The highest BCUT2D eigenvalue weighted by Crippen LogP contribution is 2.31. The van der Waals surface area contributed by atoms with E-state index in [9.17, 15) is 0 Å². The molecule has 168 valence electrons. The Balaban J connectivity index is 1.42. The number of hydrogen-bond acceptors (Lipinski definition) is 3. The fraction of sp³-hybridized carbons (Fsp3) is 0.222. The molecule has 3 heterocycles. The van der Waals surface area contributed by atoms with Gasteiger partial charge in [0.2, 0.25) is 0 Å². The fourth-order valence-corrected chi connectivity index (χ4v) is 4.74. The molecule has 0 atom stereocenters. The van der Waals surface area contributed by atoms with E-state index in [-0.39, 0.29) is 0 Å². The summed E-state index contributed by atoms with van der Waals surface area (Å²) in [6.07, 6.45) is 1.86. The zero-order chi connectivity index (χ0) is 22.8. The van der Waals surface area contributed by atoms with Crippen LogP contribution in [-0.2, 0) is 6.54 Å². The standard InChI is InChI=1S/C27H26Cl2N4/c1-20-22(19-31-14-16-32(17-15-31)27-4-2-3-13-30-27)18-26(21-5-7-23(28)8-6-21)33(20)25-11-9-24(29)10-12-25/h2-13,18H,14-17,19H2,1H3. The van der Waals surface area contributed by atoms with Gasteiger partial charge in [0.25, 0.3) is 0 Å². The summed E-state index contributed by atoms with van der Waals surface area (Å²) in [6, 6.07) is 24.5. The summed E-state index contributed by atoms with van der Waals surface area (Å²) < 4.78 is 2.32. The van der Waals surface area contributed by atoms with Crippen LogP contribution < -0.4 is 4.90 Å². The molecule has 4 nitrogen and oxygen atoms in total. The smallest absolute Gasteiger partial charge is 0.128 e. The summed E-state index contributed by atoms with van der Waals surface area (Å²) in [6.45, 7) is 7.11. The van der Waals surface area contributed by atoms with Gasteiger partial charge in [-0.3, -0.25) is 4.90 Å². The lowest BCUT2D eigenvalue weighted by Crippen LogP contribution is -2.46. The van der Waals surface area contributed by atoms with Gasteiger partial charge in [0, 0.05) is 60.3 Å². The van der Waals surface area contributed by atoms with E-state index in [1.807, 2.05) is 36.5 Å². The Hall–Kier alpha value is -2.79. The number of aromatic nitrogens is 2. The molecule has 5 rings (SSSR count). The number of rotatable bonds is 5. The van der Waals surface area contributed by atoms with Gasteiger partial charge in [-0.1, -0.05) is 41.4 Å². The van der Waals surface area contributed by atoms with Crippen molar-refractivity contribution in [2.24, 2.45) is 0 Å². The first-order valence-electron chi connectivity index (χ1n) is 11.2. The number of pyridine rings is 1. The molecular formula is C27H26Cl2N4. The van der Waals surface area contributed by atoms with Crippen LogP contribution >= 0.6 is 23.2 Å². The highest BCUT2D eigenvalue weighted by atomic mass is 35.5. The van der Waals surface area contributed by atoms with Crippen LogP contribution in [0, 0.1) is 6.92 Å². The summed E-state index contributed by atoms with van der Waals surface area (Å²) in [4.78, 5) is 9.40. The Morgan fingerprint density at radius 1 is 0.818 bits per heavy atom. The lowest BCUT2D eigenvalue weighted by molar-refractivity contribution is 0.249. The largest absolute Gasteiger partial charge is 0.354 e. The maximum atomic E-state index is 6.16. The van der Waals surface area contributed by atoms with E-state index >= 15 is 0 Å². The average molecular weight is 477 g/mol. The second kappa shape index (κ2) is 9.60. The highest BCUT2D eigenvalue weighted by molar-refractivity contribution is 6.30. The van der Waals surface area contributed by atoms with Crippen LogP contribution in [0.1, 0.15) is 11.3 Å². The predicted octanol–water partition coefficient (Wildman–Crippen LogP) is 6.48. The Morgan fingerprint density at radius 3 is 2.12 bits per heavy atom. The molecule has 0 aliphatic carbocycles. The van der Waals surface area contributed by atoms with Crippen LogP contribution in [0.4, 0.5) is 5.82 Å². The predicted molar refractivity (Wildman–Crippen MR) is 138 cm³/mol. The second-order valence-electron chi connectivity index (χ2n) is 8.41. The first kappa shape index (κ1) is 22.0. The van der Waals surface area contributed by atoms with Gasteiger partial charge in [0.15, 0.2) is 0 Å². The molecule has 2 aromatic heterocycles. The molecule has 0 saturated carbocycles. The summed E-state index contributed by atoms with van der Waals surface area (Å²) in [5.74, 6) is 1.06. The molecular weight excluding hydrogens is 451 g/mol. The van der Waals surface area contributed by atoms with Crippen LogP contribution in [-0.4, -0.2) is 40.6 Å². The molecule has 0 radical (unpaired) electrons. The maximum absolute atomic E-state index is 6.16. The number of nitrogens with zero attached hydrogens (tertiary/aromatic N) is 4. The van der Waals surface area contributed by atoms with Crippen molar-refractivity contribution < 1.29 is 0 Å². The summed E-state index contributed by atoms with van der Waals surface area (Å²) in [5.41, 5.74) is 5.99. The van der Waals surface area contributed by atoms with E-state index < -0.39 is 0 Å². The SMILES string of the molecule is Cc1c(CN2CCN(c3ccccn3)CC2)cc(-c2ccc(Cl)cc2)n1-c1ccc(Cl)cc1. The first-order chi connectivity index (χ1) is 16.1. The third-order valence-corrected chi connectivity index (χ3v) is 6.82. The van der Waals surface area contributed by atoms with Crippen LogP contribution in [0.3, 0.4) is 0 Å². The van der Waals surface area contributed by atoms with Crippen molar-refractivity contribution in [3.63, 3.8) is 0 Å². The number of halogens is 2. The van der Waals surface area contributed by atoms with Crippen molar-refractivity contribution >= 4 is 29.0 Å². The molecule has 0 N–H and O–H groups in total. The monoisotopic (exact) mass is 476 g/mol. The summed E-state index contributed by atoms with van der Waals surface area (Å²) in [5, 5.41) is 1.48. The van der Waals surface area contributed by atoms with Crippen molar-refractivity contribution in [3.05, 3.63) is 100 Å². The van der Waals surface area contributed by atoms with Crippen LogP contribution in [0.5, 0.6) is 0 Å². The molecule has 1 saturated heterocycles. The van der Waals surface area contributed by atoms with Crippen molar-refractivity contribution in [3.8, 4) is 16.9 Å². The fourth-order valence-electron chi connectivity index (χ4n) is 4.49. The van der Waals surface area contributed by atoms with Gasteiger partial charge in [-0.15, -0.1) is 0 Å². The van der Waals surface area contributed by atoms with Crippen molar-refractivity contribution in [1.82, 2.24) is 14.5 Å². The lowest BCUT2D eigenvalue weighted by Gasteiger charge is -2.35. The quantitative estimate of drug-likeness (QED) is 0.329. The maximum Gasteiger partial charge on any atom is 0.128 e. The molecule has 6 heteroatoms. The Kier molecular flexibility index (Phi) is 6.41. The van der Waals surface area contributed by atoms with Crippen molar-refractivity contribution in [1.29, 1.82) is 0 Å². The van der Waals surface area contributed by atoms with E-state index in [1.165, 1.54) is 11.3 Å². The normalized spacial score (nSPS) is 14.6. The molecule has 1 aliphatic heterocycles. The number of piperazine rings is 1. The second-order valence-corrected chi connectivity index (χ2v) is 9.28. The molecule has 0 unspecified atom stereocenters. The van der Waals surface area contributed by atoms with Gasteiger partial charge < -0.3 is 9.47 Å². The minimum absolute atomic E-state index is 0.739. The minimum Gasteiger partial charge on any atom is -0.354 e. The zero-order valence-electron chi connectivity index (χ0n) is 18.6. The number of hydrogen-bond donors (Lipinski definition) is 0. The van der Waals surface area contributed by atoms with Gasteiger partial charge in [-0.05, 0) is 72.6 Å². The third kappa shape index (κ3) is 4.79. The topological polar surface area (TPSA) is 24.3 Å². The molecule has 0 bridgehead atoms. The van der Waals surface area contributed by atoms with Crippen LogP contribution in [0.25, 0.3) is 16.9 Å². The van der Waals surface area contributed by atoms with Gasteiger partial charge in [0.1, 0.15) is 5.82 Å². The van der Waals surface area contributed by atoms with Crippen molar-refractivity contribution in [2.45, 2.75) is 13.5 Å². The Bertz CT molecular complexity index is 1210. The zero-order valence-corrected chi connectivity index (χ0v) is 20.1. The van der Waals surface area contributed by atoms with Crippen LogP contribution in [0.2, 0.25) is 10.0 Å². The van der Waals surface area contributed by atoms with Gasteiger partial charge in [-0.2, -0.15) is 0 Å². The Labute approximate surface area is 205 Å². The molecule has 4 aromatic rings. The van der Waals surface area contributed by atoms with E-state index in [4.69, 9.17) is 23.2 Å². The summed E-state index contributed by atoms with van der Waals surface area (Å²) in [7, 11) is 0. The van der Waals surface area contributed by atoms with E-state index in [2.05, 4.69) is 68.7 Å².